The van der Waals surface area contributed by atoms with Crippen LogP contribution in [0.5, 0.6) is 17.2 Å². The summed E-state index contributed by atoms with van der Waals surface area (Å²) in [4.78, 5) is 7.90. The van der Waals surface area contributed by atoms with Crippen LogP contribution in [0, 0.1) is 6.92 Å². The smallest absolute Gasteiger partial charge is 0.421 e. The quantitative estimate of drug-likeness (QED) is 0.491. The Hall–Kier alpha value is -3.69. The zero-order chi connectivity index (χ0) is 23.3. The number of rotatable bonds is 8. The Balaban J connectivity index is 1.93. The van der Waals surface area contributed by atoms with E-state index in [9.17, 15) is 13.2 Å². The summed E-state index contributed by atoms with van der Waals surface area (Å²) >= 11 is 0. The molecule has 170 valence electrons. The first kappa shape index (κ1) is 23.0. The molecule has 0 aliphatic carbocycles. The molecule has 0 aliphatic rings. The first-order valence-corrected chi connectivity index (χ1v) is 9.56. The number of nitrogens with zero attached hydrogens (tertiary/aromatic N) is 2. The standard InChI is InChI=1S/C22H23F3N4O3/c1-13-7-5-6-8-14(13)11-26-20-16(22(23,24)25)12-27-21(29-20)28-15-9-17(30-2)19(32-4)18(10-15)31-3/h5-10,12H,11H2,1-4H3,(H2,26,27,28,29). The third kappa shape index (κ3) is 5.13. The molecule has 32 heavy (non-hydrogen) atoms. The first-order valence-electron chi connectivity index (χ1n) is 9.56. The minimum absolute atomic E-state index is 0.0282. The maximum atomic E-state index is 13.5. The Labute approximate surface area is 183 Å². The van der Waals surface area contributed by atoms with E-state index in [-0.39, 0.29) is 18.3 Å². The molecule has 0 radical (unpaired) electrons. The molecule has 3 rings (SSSR count). The Morgan fingerprint density at radius 1 is 0.969 bits per heavy atom. The molecule has 0 fully saturated rings. The second-order valence-corrected chi connectivity index (χ2v) is 6.77. The molecule has 0 saturated heterocycles. The average molecular weight is 448 g/mol. The lowest BCUT2D eigenvalue weighted by atomic mass is 10.1. The van der Waals surface area contributed by atoms with Crippen molar-refractivity contribution in [3.05, 3.63) is 59.3 Å². The van der Waals surface area contributed by atoms with E-state index in [1.807, 2.05) is 31.2 Å². The molecule has 7 nitrogen and oxygen atoms in total. The lowest BCUT2D eigenvalue weighted by molar-refractivity contribution is -0.137. The van der Waals surface area contributed by atoms with Gasteiger partial charge >= 0.3 is 6.18 Å². The molecule has 1 heterocycles. The molecule has 0 spiro atoms. The topological polar surface area (TPSA) is 77.5 Å². The highest BCUT2D eigenvalue weighted by atomic mass is 19.4. The van der Waals surface area contributed by atoms with Gasteiger partial charge in [-0.1, -0.05) is 24.3 Å². The summed E-state index contributed by atoms with van der Waals surface area (Å²) in [5.41, 5.74) is 1.31. The third-order valence-corrected chi connectivity index (χ3v) is 4.72. The third-order valence-electron chi connectivity index (χ3n) is 4.72. The van der Waals surface area contributed by atoms with Crippen LogP contribution >= 0.6 is 0 Å². The molecule has 1 aromatic heterocycles. The van der Waals surface area contributed by atoms with Crippen molar-refractivity contribution in [2.24, 2.45) is 0 Å². The van der Waals surface area contributed by atoms with Gasteiger partial charge in [-0.3, -0.25) is 0 Å². The first-order chi connectivity index (χ1) is 15.3. The fourth-order valence-electron chi connectivity index (χ4n) is 3.05. The van der Waals surface area contributed by atoms with Gasteiger partial charge in [0.25, 0.3) is 0 Å². The highest BCUT2D eigenvalue weighted by Crippen LogP contribution is 2.41. The lowest BCUT2D eigenvalue weighted by Crippen LogP contribution is -2.14. The van der Waals surface area contributed by atoms with Crippen LogP contribution in [0.2, 0.25) is 0 Å². The van der Waals surface area contributed by atoms with Crippen molar-refractivity contribution < 1.29 is 27.4 Å². The van der Waals surface area contributed by atoms with Crippen molar-refractivity contribution in [1.29, 1.82) is 0 Å². The Morgan fingerprint density at radius 3 is 2.19 bits per heavy atom. The lowest BCUT2D eigenvalue weighted by Gasteiger charge is -2.17. The van der Waals surface area contributed by atoms with E-state index in [4.69, 9.17) is 14.2 Å². The molecule has 0 saturated carbocycles. The normalized spacial score (nSPS) is 11.1. The van der Waals surface area contributed by atoms with Crippen LogP contribution in [0.4, 0.5) is 30.6 Å². The number of hydrogen-bond donors (Lipinski definition) is 2. The minimum Gasteiger partial charge on any atom is -0.493 e. The summed E-state index contributed by atoms with van der Waals surface area (Å²) in [6, 6.07) is 10.6. The van der Waals surface area contributed by atoms with Crippen LogP contribution in [-0.4, -0.2) is 31.3 Å². The second-order valence-electron chi connectivity index (χ2n) is 6.77. The van der Waals surface area contributed by atoms with Gasteiger partial charge in [0, 0.05) is 30.6 Å². The monoisotopic (exact) mass is 448 g/mol. The molecule has 2 aromatic carbocycles. The number of anilines is 3. The van der Waals surface area contributed by atoms with E-state index in [0.717, 1.165) is 17.3 Å². The molecule has 0 amide bonds. The Bertz CT molecular complexity index is 1070. The highest BCUT2D eigenvalue weighted by molar-refractivity contribution is 5.66. The van der Waals surface area contributed by atoms with E-state index in [0.29, 0.717) is 22.9 Å². The molecule has 10 heteroatoms. The van der Waals surface area contributed by atoms with Gasteiger partial charge < -0.3 is 24.8 Å². The molecular formula is C22H23F3N4O3. The van der Waals surface area contributed by atoms with Gasteiger partial charge in [0.05, 0.1) is 21.3 Å². The summed E-state index contributed by atoms with van der Waals surface area (Å²) in [6.07, 6.45) is -3.87. The zero-order valence-electron chi connectivity index (χ0n) is 18.0. The van der Waals surface area contributed by atoms with Crippen molar-refractivity contribution >= 4 is 17.5 Å². The predicted molar refractivity (Wildman–Crippen MR) is 115 cm³/mol. The van der Waals surface area contributed by atoms with Gasteiger partial charge in [-0.2, -0.15) is 18.2 Å². The maximum absolute atomic E-state index is 13.5. The Morgan fingerprint density at radius 2 is 1.62 bits per heavy atom. The summed E-state index contributed by atoms with van der Waals surface area (Å²) in [6.45, 7) is 2.06. The fraction of sp³-hybridized carbons (Fsp3) is 0.273. The number of alkyl halides is 3. The highest BCUT2D eigenvalue weighted by Gasteiger charge is 2.35. The maximum Gasteiger partial charge on any atom is 0.421 e. The van der Waals surface area contributed by atoms with E-state index in [1.54, 1.807) is 12.1 Å². The second kappa shape index (κ2) is 9.63. The molecule has 0 bridgehead atoms. The number of halogens is 3. The summed E-state index contributed by atoms with van der Waals surface area (Å²) < 4.78 is 56.4. The predicted octanol–water partition coefficient (Wildman–Crippen LogP) is 5.19. The van der Waals surface area contributed by atoms with Gasteiger partial charge in [0.15, 0.2) is 11.5 Å². The fourth-order valence-corrected chi connectivity index (χ4v) is 3.05. The summed E-state index contributed by atoms with van der Waals surface area (Å²) in [7, 11) is 4.39. The minimum atomic E-state index is -4.61. The van der Waals surface area contributed by atoms with Gasteiger partial charge in [-0.05, 0) is 18.1 Å². The Kier molecular flexibility index (Phi) is 6.92. The average Bonchev–Trinajstić information content (AvgIpc) is 2.77. The molecule has 0 unspecified atom stereocenters. The largest absolute Gasteiger partial charge is 0.493 e. The van der Waals surface area contributed by atoms with Crippen molar-refractivity contribution in [2.75, 3.05) is 32.0 Å². The van der Waals surface area contributed by atoms with Crippen molar-refractivity contribution in [3.63, 3.8) is 0 Å². The molecule has 0 aliphatic heterocycles. The molecule has 3 aromatic rings. The van der Waals surface area contributed by atoms with E-state index < -0.39 is 11.7 Å². The number of hydrogen-bond acceptors (Lipinski definition) is 7. The van der Waals surface area contributed by atoms with Gasteiger partial charge in [0.2, 0.25) is 11.7 Å². The van der Waals surface area contributed by atoms with Crippen molar-refractivity contribution in [1.82, 2.24) is 9.97 Å². The molecular weight excluding hydrogens is 425 g/mol. The van der Waals surface area contributed by atoms with E-state index in [2.05, 4.69) is 20.6 Å². The zero-order valence-corrected chi connectivity index (χ0v) is 18.0. The SMILES string of the molecule is COc1cc(Nc2ncc(C(F)(F)F)c(NCc3ccccc3C)n2)cc(OC)c1OC. The number of aromatic nitrogens is 2. The van der Waals surface area contributed by atoms with Crippen LogP contribution in [0.1, 0.15) is 16.7 Å². The number of ether oxygens (including phenoxy) is 3. The van der Waals surface area contributed by atoms with Crippen LogP contribution in [-0.2, 0) is 12.7 Å². The van der Waals surface area contributed by atoms with Crippen LogP contribution in [0.3, 0.4) is 0 Å². The summed E-state index contributed by atoms with van der Waals surface area (Å²) in [5.74, 6) is 0.776. The van der Waals surface area contributed by atoms with Crippen molar-refractivity contribution in [2.45, 2.75) is 19.6 Å². The van der Waals surface area contributed by atoms with Crippen LogP contribution in [0.25, 0.3) is 0 Å². The summed E-state index contributed by atoms with van der Waals surface area (Å²) in [5, 5.41) is 5.67. The molecule has 0 atom stereocenters. The van der Waals surface area contributed by atoms with Crippen LogP contribution in [0.15, 0.2) is 42.6 Å². The van der Waals surface area contributed by atoms with Gasteiger partial charge in [-0.15, -0.1) is 0 Å². The van der Waals surface area contributed by atoms with Crippen LogP contribution < -0.4 is 24.8 Å². The number of benzene rings is 2. The van der Waals surface area contributed by atoms with Crippen molar-refractivity contribution in [3.8, 4) is 17.2 Å². The molecule has 2 N–H and O–H groups in total. The number of aryl methyl sites for hydroxylation is 1. The van der Waals surface area contributed by atoms with E-state index in [1.165, 1.54) is 21.3 Å². The van der Waals surface area contributed by atoms with E-state index >= 15 is 0 Å². The van der Waals surface area contributed by atoms with Gasteiger partial charge in [0.1, 0.15) is 11.4 Å². The van der Waals surface area contributed by atoms with Gasteiger partial charge in [-0.25, -0.2) is 4.98 Å². The number of methoxy groups -OCH3 is 3. The number of nitrogens with one attached hydrogen (secondary N) is 2.